The third kappa shape index (κ3) is 2.48. The number of rotatable bonds is 3. The summed E-state index contributed by atoms with van der Waals surface area (Å²) in [6.45, 7) is 0. The van der Waals surface area contributed by atoms with Crippen molar-refractivity contribution in [2.24, 2.45) is 0 Å². The molecule has 100 valence electrons. The lowest BCUT2D eigenvalue weighted by Crippen LogP contribution is -2.12. The minimum atomic E-state index is -0.258. The summed E-state index contributed by atoms with van der Waals surface area (Å²) in [5, 5.41) is 5.08. The van der Waals surface area contributed by atoms with Crippen LogP contribution in [0.2, 0.25) is 0 Å². The number of alkyl halides is 1. The van der Waals surface area contributed by atoms with Gasteiger partial charge >= 0.3 is 0 Å². The fourth-order valence-corrected chi connectivity index (χ4v) is 2.70. The number of carbonyl (C=O) groups excluding carboxylic acids is 1. The molecular formula is C13H9ClN4OS. The van der Waals surface area contributed by atoms with Crippen LogP contribution in [0, 0.1) is 0 Å². The van der Waals surface area contributed by atoms with Gasteiger partial charge in [-0.3, -0.25) is 20.1 Å². The predicted octanol–water partition coefficient (Wildman–Crippen LogP) is 3.08. The van der Waals surface area contributed by atoms with Crippen LogP contribution in [0.25, 0.3) is 11.0 Å². The Hall–Kier alpha value is -2.05. The van der Waals surface area contributed by atoms with Crippen LogP contribution in [0.4, 0.5) is 5.13 Å². The van der Waals surface area contributed by atoms with Gasteiger partial charge in [0.2, 0.25) is 0 Å². The van der Waals surface area contributed by atoms with Crippen LogP contribution < -0.4 is 5.32 Å². The molecule has 0 saturated carbocycles. The Morgan fingerprint density at radius 2 is 2.15 bits per heavy atom. The molecule has 3 aromatic rings. The van der Waals surface area contributed by atoms with E-state index in [4.69, 9.17) is 11.6 Å². The van der Waals surface area contributed by atoms with Crippen molar-refractivity contribution in [3.05, 3.63) is 47.2 Å². The molecule has 2 aromatic heterocycles. The molecule has 0 aliphatic heterocycles. The number of fused-ring (bicyclic) bond motifs is 1. The second-order valence-corrected chi connectivity index (χ2v) is 5.09. The van der Waals surface area contributed by atoms with Crippen molar-refractivity contribution >= 4 is 45.0 Å². The zero-order valence-electron chi connectivity index (χ0n) is 10.2. The molecule has 0 saturated heterocycles. The predicted molar refractivity (Wildman–Crippen MR) is 79.2 cm³/mol. The maximum atomic E-state index is 12.3. The maximum absolute atomic E-state index is 12.3. The van der Waals surface area contributed by atoms with Crippen LogP contribution in [0.15, 0.2) is 36.0 Å². The summed E-state index contributed by atoms with van der Waals surface area (Å²) < 4.78 is 0. The van der Waals surface area contributed by atoms with Crippen LogP contribution in [0.1, 0.15) is 16.1 Å². The van der Waals surface area contributed by atoms with Crippen molar-refractivity contribution in [1.29, 1.82) is 0 Å². The van der Waals surface area contributed by atoms with Gasteiger partial charge in [-0.15, -0.1) is 22.9 Å². The first-order chi connectivity index (χ1) is 9.78. The van der Waals surface area contributed by atoms with Gasteiger partial charge in [0, 0.05) is 17.8 Å². The third-order valence-electron chi connectivity index (χ3n) is 2.65. The summed E-state index contributed by atoms with van der Waals surface area (Å²) >= 11 is 7.02. The van der Waals surface area contributed by atoms with Crippen LogP contribution in [0.5, 0.6) is 0 Å². The summed E-state index contributed by atoms with van der Waals surface area (Å²) in [5.41, 5.74) is 2.46. The fourth-order valence-electron chi connectivity index (χ4n) is 1.77. The summed E-state index contributed by atoms with van der Waals surface area (Å²) in [6.07, 6.45) is 3.16. The van der Waals surface area contributed by atoms with Gasteiger partial charge in [-0.1, -0.05) is 6.07 Å². The lowest BCUT2D eigenvalue weighted by molar-refractivity contribution is 0.102. The van der Waals surface area contributed by atoms with E-state index in [-0.39, 0.29) is 5.91 Å². The molecule has 20 heavy (non-hydrogen) atoms. The van der Waals surface area contributed by atoms with Gasteiger partial charge in [0.1, 0.15) is 5.52 Å². The van der Waals surface area contributed by atoms with E-state index < -0.39 is 0 Å². The highest BCUT2D eigenvalue weighted by Gasteiger charge is 2.13. The zero-order valence-corrected chi connectivity index (χ0v) is 11.8. The quantitative estimate of drug-likeness (QED) is 0.755. The molecule has 0 spiro atoms. The molecule has 0 unspecified atom stereocenters. The Morgan fingerprint density at radius 1 is 1.30 bits per heavy atom. The number of anilines is 1. The molecule has 5 nitrogen and oxygen atoms in total. The maximum Gasteiger partial charge on any atom is 0.259 e. The molecular weight excluding hydrogens is 296 g/mol. The summed E-state index contributed by atoms with van der Waals surface area (Å²) in [7, 11) is 0. The van der Waals surface area contributed by atoms with E-state index >= 15 is 0 Å². The first kappa shape index (κ1) is 13.0. The summed E-state index contributed by atoms with van der Waals surface area (Å²) in [4.78, 5) is 24.9. The molecule has 0 radical (unpaired) electrons. The van der Waals surface area contributed by atoms with Gasteiger partial charge in [0.15, 0.2) is 5.13 Å². The number of thiazole rings is 1. The molecule has 7 heteroatoms. The van der Waals surface area contributed by atoms with E-state index in [2.05, 4.69) is 20.3 Å². The number of hydrogen-bond acceptors (Lipinski definition) is 5. The lowest BCUT2D eigenvalue weighted by atomic mass is 10.1. The van der Waals surface area contributed by atoms with Gasteiger partial charge in [0.25, 0.3) is 5.91 Å². The van der Waals surface area contributed by atoms with E-state index in [1.165, 1.54) is 11.3 Å². The Labute approximate surface area is 123 Å². The molecule has 1 N–H and O–H groups in total. The van der Waals surface area contributed by atoms with Crippen molar-refractivity contribution in [3.63, 3.8) is 0 Å². The molecule has 0 bridgehead atoms. The van der Waals surface area contributed by atoms with Gasteiger partial charge in [-0.2, -0.15) is 0 Å². The number of halogens is 1. The number of hydrogen-bond donors (Lipinski definition) is 1. The van der Waals surface area contributed by atoms with E-state index in [1.807, 2.05) is 11.4 Å². The summed E-state index contributed by atoms with van der Waals surface area (Å²) in [5.74, 6) is 0.0677. The second-order valence-electron chi connectivity index (χ2n) is 3.96. The molecule has 0 aliphatic carbocycles. The Balaban J connectivity index is 1.92. The highest BCUT2D eigenvalue weighted by molar-refractivity contribution is 7.14. The van der Waals surface area contributed by atoms with Gasteiger partial charge in [-0.25, -0.2) is 4.98 Å². The zero-order chi connectivity index (χ0) is 13.9. The number of carbonyl (C=O) groups is 1. The number of nitrogens with zero attached hydrogens (tertiary/aromatic N) is 3. The molecule has 0 aliphatic rings. The van der Waals surface area contributed by atoms with Gasteiger partial charge < -0.3 is 0 Å². The van der Waals surface area contributed by atoms with Crippen molar-refractivity contribution in [2.45, 2.75) is 5.88 Å². The Kier molecular flexibility index (Phi) is 3.58. The average Bonchev–Trinajstić information content (AvgIpc) is 2.94. The van der Waals surface area contributed by atoms with Crippen molar-refractivity contribution in [1.82, 2.24) is 15.0 Å². The van der Waals surface area contributed by atoms with Crippen LogP contribution in [-0.4, -0.2) is 20.9 Å². The minimum Gasteiger partial charge on any atom is -0.298 e. The highest BCUT2D eigenvalue weighted by atomic mass is 35.5. The third-order valence-corrected chi connectivity index (χ3v) is 3.73. The average molecular weight is 305 g/mol. The van der Waals surface area contributed by atoms with Crippen LogP contribution in [0.3, 0.4) is 0 Å². The number of nitrogens with one attached hydrogen (secondary N) is 1. The molecule has 1 amide bonds. The minimum absolute atomic E-state index is 0.258. The van der Waals surface area contributed by atoms with Gasteiger partial charge in [-0.05, 0) is 12.1 Å². The van der Waals surface area contributed by atoms with E-state index in [0.29, 0.717) is 27.6 Å². The van der Waals surface area contributed by atoms with Gasteiger partial charge in [0.05, 0.1) is 22.7 Å². The van der Waals surface area contributed by atoms with Crippen LogP contribution >= 0.6 is 22.9 Å². The van der Waals surface area contributed by atoms with Crippen LogP contribution in [-0.2, 0) is 5.88 Å². The summed E-state index contributed by atoms with van der Waals surface area (Å²) in [6, 6.07) is 5.30. The highest BCUT2D eigenvalue weighted by Crippen LogP contribution is 2.19. The monoisotopic (exact) mass is 304 g/mol. The largest absolute Gasteiger partial charge is 0.298 e. The Bertz CT molecular complexity index is 768. The molecule has 0 fully saturated rings. The first-order valence-electron chi connectivity index (χ1n) is 5.79. The van der Waals surface area contributed by atoms with Crippen molar-refractivity contribution < 1.29 is 4.79 Å². The molecule has 0 atom stereocenters. The number of benzene rings is 1. The number of amides is 1. The van der Waals surface area contributed by atoms with E-state index in [9.17, 15) is 4.79 Å². The smallest absolute Gasteiger partial charge is 0.259 e. The normalized spacial score (nSPS) is 10.7. The Morgan fingerprint density at radius 3 is 2.95 bits per heavy atom. The second kappa shape index (κ2) is 5.52. The van der Waals surface area contributed by atoms with E-state index in [1.54, 1.807) is 24.5 Å². The lowest BCUT2D eigenvalue weighted by Gasteiger charge is -2.04. The standard InChI is InChI=1S/C13H9ClN4OS/c14-6-8-7-20-13(17-8)18-12(19)9-2-1-3-10-11(9)16-5-4-15-10/h1-5,7H,6H2,(H,17,18,19). The topological polar surface area (TPSA) is 67.8 Å². The molecule has 3 rings (SSSR count). The van der Waals surface area contributed by atoms with Crippen molar-refractivity contribution in [3.8, 4) is 0 Å². The SMILES string of the molecule is O=C(Nc1nc(CCl)cs1)c1cccc2nccnc12. The first-order valence-corrected chi connectivity index (χ1v) is 7.21. The molecule has 1 aromatic carbocycles. The van der Waals surface area contributed by atoms with E-state index in [0.717, 1.165) is 5.69 Å². The number of aromatic nitrogens is 3. The van der Waals surface area contributed by atoms with Crippen molar-refractivity contribution in [2.75, 3.05) is 5.32 Å². The fraction of sp³-hybridized carbons (Fsp3) is 0.0769. The molecule has 2 heterocycles. The number of para-hydroxylation sites is 1.